The van der Waals surface area contributed by atoms with Crippen molar-refractivity contribution in [3.05, 3.63) is 64.0 Å². The van der Waals surface area contributed by atoms with Crippen molar-refractivity contribution in [2.75, 3.05) is 9.80 Å². The Morgan fingerprint density at radius 3 is 2.30 bits per heavy atom. The van der Waals surface area contributed by atoms with Crippen molar-refractivity contribution < 1.29 is 18.0 Å². The van der Waals surface area contributed by atoms with Gasteiger partial charge in [-0.15, -0.1) is 0 Å². The molecular formula is C19H13F3N6OS. The average Bonchev–Trinajstić information content (AvgIpc) is 2.86. The average molecular weight is 430 g/mol. The molecule has 7 nitrogen and oxygen atoms in total. The van der Waals surface area contributed by atoms with E-state index in [9.17, 15) is 18.0 Å². The molecule has 0 N–H and O–H groups in total. The summed E-state index contributed by atoms with van der Waals surface area (Å²) in [5.74, 6) is -0.524. The van der Waals surface area contributed by atoms with E-state index in [-0.39, 0.29) is 10.8 Å². The zero-order valence-electron chi connectivity index (χ0n) is 15.7. The molecule has 0 spiro atoms. The van der Waals surface area contributed by atoms with Crippen LogP contribution in [0.15, 0.2) is 47.6 Å². The minimum Gasteiger partial charge on any atom is -0.304 e. The summed E-state index contributed by atoms with van der Waals surface area (Å²) >= 11 is 5.44. The number of alkyl halides is 3. The molecule has 0 saturated carbocycles. The first-order chi connectivity index (χ1) is 14.0. The molecule has 2 aromatic carbocycles. The molecule has 0 bridgehead atoms. The van der Waals surface area contributed by atoms with E-state index in [0.717, 1.165) is 17.0 Å². The zero-order valence-corrected chi connectivity index (χ0v) is 16.5. The number of azide groups is 1. The lowest BCUT2D eigenvalue weighted by Gasteiger charge is -2.29. The molecule has 0 radical (unpaired) electrons. The predicted molar refractivity (Wildman–Crippen MR) is 108 cm³/mol. The third-order valence-corrected chi connectivity index (χ3v) is 4.99. The highest BCUT2D eigenvalue weighted by Crippen LogP contribution is 2.39. The van der Waals surface area contributed by atoms with Crippen molar-refractivity contribution in [1.82, 2.24) is 0 Å². The highest BCUT2D eigenvalue weighted by Gasteiger charge is 2.50. The Labute approximate surface area is 174 Å². The second-order valence-corrected chi connectivity index (χ2v) is 7.23. The topological polar surface area (TPSA) is 96.1 Å². The molecular weight excluding hydrogens is 417 g/mol. The quantitative estimate of drug-likeness (QED) is 0.280. The van der Waals surface area contributed by atoms with Crippen molar-refractivity contribution >= 4 is 40.3 Å². The van der Waals surface area contributed by atoms with Crippen molar-refractivity contribution in [2.24, 2.45) is 5.11 Å². The van der Waals surface area contributed by atoms with Gasteiger partial charge < -0.3 is 4.90 Å². The van der Waals surface area contributed by atoms with Crippen LogP contribution in [0.25, 0.3) is 10.4 Å². The molecule has 152 valence electrons. The maximum atomic E-state index is 13.4. The molecule has 1 heterocycles. The highest BCUT2D eigenvalue weighted by molar-refractivity contribution is 7.81. The summed E-state index contributed by atoms with van der Waals surface area (Å²) in [6.07, 6.45) is -4.77. The number of rotatable bonds is 3. The smallest absolute Gasteiger partial charge is 0.304 e. The van der Waals surface area contributed by atoms with Crippen LogP contribution in [0.4, 0.5) is 30.2 Å². The summed E-state index contributed by atoms with van der Waals surface area (Å²) in [4.78, 5) is 18.3. The van der Waals surface area contributed by atoms with Crippen LogP contribution < -0.4 is 9.80 Å². The van der Waals surface area contributed by atoms with Gasteiger partial charge in [0.15, 0.2) is 5.11 Å². The summed E-state index contributed by atoms with van der Waals surface area (Å²) in [7, 11) is 0. The van der Waals surface area contributed by atoms with E-state index < -0.39 is 28.7 Å². The number of thiocarbonyl (C=S) groups is 1. The number of carbonyl (C=O) groups excluding carboxylic acids is 1. The van der Waals surface area contributed by atoms with Gasteiger partial charge in [-0.05, 0) is 61.9 Å². The zero-order chi connectivity index (χ0) is 22.3. The van der Waals surface area contributed by atoms with Gasteiger partial charge in [0, 0.05) is 16.3 Å². The molecule has 0 aliphatic carbocycles. The maximum absolute atomic E-state index is 13.4. The fraction of sp³-hybridized carbons (Fsp3) is 0.211. The Bertz CT molecular complexity index is 1130. The number of hydrogen-bond donors (Lipinski definition) is 0. The van der Waals surface area contributed by atoms with Gasteiger partial charge in [0.25, 0.3) is 5.91 Å². The fourth-order valence-corrected chi connectivity index (χ4v) is 3.70. The molecule has 0 atom stereocenters. The van der Waals surface area contributed by atoms with E-state index >= 15 is 0 Å². The molecule has 30 heavy (non-hydrogen) atoms. The van der Waals surface area contributed by atoms with Gasteiger partial charge in [-0.25, -0.2) is 0 Å². The Morgan fingerprint density at radius 2 is 1.77 bits per heavy atom. The van der Waals surface area contributed by atoms with Gasteiger partial charge >= 0.3 is 6.18 Å². The Balaban J connectivity index is 2.08. The Hall–Kier alpha value is -3.61. The number of hydrogen-bond acceptors (Lipinski definition) is 4. The minimum absolute atomic E-state index is 0.0145. The number of nitrogens with zero attached hydrogens (tertiary/aromatic N) is 6. The lowest BCUT2D eigenvalue weighted by molar-refractivity contribution is -0.137. The van der Waals surface area contributed by atoms with Crippen molar-refractivity contribution in [3.8, 4) is 6.07 Å². The van der Waals surface area contributed by atoms with E-state index in [1.807, 2.05) is 0 Å². The Morgan fingerprint density at radius 1 is 1.17 bits per heavy atom. The van der Waals surface area contributed by atoms with E-state index in [0.29, 0.717) is 11.4 Å². The Kier molecular flexibility index (Phi) is 5.16. The predicted octanol–water partition coefficient (Wildman–Crippen LogP) is 5.44. The van der Waals surface area contributed by atoms with Crippen LogP contribution >= 0.6 is 12.2 Å². The largest absolute Gasteiger partial charge is 0.417 e. The first kappa shape index (κ1) is 21.1. The van der Waals surface area contributed by atoms with Gasteiger partial charge in [-0.2, -0.15) is 18.4 Å². The summed E-state index contributed by atoms with van der Waals surface area (Å²) in [6, 6.07) is 10.8. The summed E-state index contributed by atoms with van der Waals surface area (Å²) in [6.45, 7) is 3.19. The van der Waals surface area contributed by atoms with Crippen LogP contribution in [0.2, 0.25) is 0 Å². The lowest BCUT2D eigenvalue weighted by atomic mass is 10.0. The second-order valence-electron chi connectivity index (χ2n) is 6.86. The molecule has 1 aliphatic rings. The van der Waals surface area contributed by atoms with Crippen molar-refractivity contribution in [3.63, 3.8) is 0 Å². The molecule has 1 saturated heterocycles. The number of amides is 1. The van der Waals surface area contributed by atoms with Crippen LogP contribution in [0.3, 0.4) is 0 Å². The van der Waals surface area contributed by atoms with Gasteiger partial charge in [0.1, 0.15) is 5.54 Å². The molecule has 1 fully saturated rings. The fourth-order valence-electron chi connectivity index (χ4n) is 3.18. The van der Waals surface area contributed by atoms with Gasteiger partial charge in [0.05, 0.1) is 22.9 Å². The normalized spacial score (nSPS) is 15.7. The van der Waals surface area contributed by atoms with Gasteiger partial charge in [0.2, 0.25) is 0 Å². The first-order valence-corrected chi connectivity index (χ1v) is 8.88. The second kappa shape index (κ2) is 7.33. The molecule has 2 aromatic rings. The maximum Gasteiger partial charge on any atom is 0.417 e. The molecule has 3 rings (SSSR count). The van der Waals surface area contributed by atoms with E-state index in [1.54, 1.807) is 26.0 Å². The number of anilines is 2. The number of halogens is 3. The van der Waals surface area contributed by atoms with Crippen LogP contribution in [0.1, 0.15) is 25.0 Å². The monoisotopic (exact) mass is 430 g/mol. The van der Waals surface area contributed by atoms with Crippen LogP contribution in [0, 0.1) is 11.3 Å². The standard InChI is InChI=1S/C19H13F3N6OS/c1-18(2)16(29)27(14-6-3-11(10-23)15(9-14)19(20,21)22)17(30)28(18)13-7-4-12(5-8-13)25-26-24/h3-9H,1-2H3. The van der Waals surface area contributed by atoms with Crippen LogP contribution in [0.5, 0.6) is 0 Å². The molecule has 0 unspecified atom stereocenters. The van der Waals surface area contributed by atoms with E-state index in [1.165, 1.54) is 29.2 Å². The molecule has 11 heteroatoms. The van der Waals surface area contributed by atoms with Gasteiger partial charge in [-0.3, -0.25) is 9.69 Å². The van der Waals surface area contributed by atoms with Crippen molar-refractivity contribution in [1.29, 1.82) is 5.26 Å². The van der Waals surface area contributed by atoms with Gasteiger partial charge in [-0.1, -0.05) is 17.2 Å². The highest BCUT2D eigenvalue weighted by atomic mass is 32.1. The number of benzene rings is 2. The minimum atomic E-state index is -4.77. The number of carbonyl (C=O) groups is 1. The molecule has 1 amide bonds. The third kappa shape index (κ3) is 3.43. The summed E-state index contributed by atoms with van der Waals surface area (Å²) in [5, 5.41) is 12.4. The molecule has 1 aliphatic heterocycles. The SMILES string of the molecule is CC1(C)C(=O)N(c2ccc(C#N)c(C(F)(F)F)c2)C(=S)N1c1ccc(N=[N+]=[N-])cc1. The molecule has 0 aromatic heterocycles. The van der Waals surface area contributed by atoms with Crippen LogP contribution in [-0.4, -0.2) is 16.6 Å². The van der Waals surface area contributed by atoms with Crippen molar-refractivity contribution in [2.45, 2.75) is 25.6 Å². The van der Waals surface area contributed by atoms with E-state index in [2.05, 4.69) is 10.0 Å². The van der Waals surface area contributed by atoms with Crippen LogP contribution in [-0.2, 0) is 11.0 Å². The lowest BCUT2D eigenvalue weighted by Crippen LogP contribution is -2.44. The summed E-state index contributed by atoms with van der Waals surface area (Å²) < 4.78 is 40.1. The third-order valence-electron chi connectivity index (χ3n) is 4.62. The first-order valence-electron chi connectivity index (χ1n) is 8.47. The summed E-state index contributed by atoms with van der Waals surface area (Å²) in [5.41, 5.74) is 6.40. The number of nitriles is 1. The van der Waals surface area contributed by atoms with E-state index in [4.69, 9.17) is 23.0 Å².